The number of benzene rings is 1. The SMILES string of the molecule is NC(=O)C1=C(N)Oc2ccccc2N=N1. The maximum Gasteiger partial charge on any atom is 0.274 e. The minimum atomic E-state index is -0.774. The summed E-state index contributed by atoms with van der Waals surface area (Å²) in [4.78, 5) is 10.9. The van der Waals surface area contributed by atoms with Crippen LogP contribution in [0.4, 0.5) is 5.69 Å². The lowest BCUT2D eigenvalue weighted by Gasteiger charge is -2.04. The van der Waals surface area contributed by atoms with E-state index in [9.17, 15) is 4.79 Å². The summed E-state index contributed by atoms with van der Waals surface area (Å²) in [5.74, 6) is -0.477. The molecule has 1 aliphatic rings. The van der Waals surface area contributed by atoms with Crippen molar-refractivity contribution >= 4 is 11.6 Å². The number of hydrogen-bond donors (Lipinski definition) is 2. The highest BCUT2D eigenvalue weighted by Crippen LogP contribution is 2.31. The van der Waals surface area contributed by atoms with Gasteiger partial charge in [0.1, 0.15) is 5.69 Å². The maximum atomic E-state index is 10.9. The summed E-state index contributed by atoms with van der Waals surface area (Å²) in [6.45, 7) is 0. The van der Waals surface area contributed by atoms with Crippen LogP contribution in [0.15, 0.2) is 46.1 Å². The fraction of sp³-hybridized carbons (Fsp3) is 0. The van der Waals surface area contributed by atoms with Crippen molar-refractivity contribution in [3.63, 3.8) is 0 Å². The second kappa shape index (κ2) is 3.41. The first kappa shape index (κ1) is 9.20. The van der Waals surface area contributed by atoms with Gasteiger partial charge in [0, 0.05) is 0 Å². The molecule has 1 aromatic rings. The number of azo groups is 1. The Kier molecular flexibility index (Phi) is 2.09. The molecule has 0 atom stereocenters. The predicted octanol–water partition coefficient (Wildman–Crippen LogP) is 0.776. The number of primary amides is 1. The quantitative estimate of drug-likeness (QED) is 0.706. The fourth-order valence-electron chi connectivity index (χ4n) is 1.12. The molecule has 4 N–H and O–H groups in total. The van der Waals surface area contributed by atoms with Gasteiger partial charge in [0.2, 0.25) is 11.6 Å². The highest BCUT2D eigenvalue weighted by molar-refractivity contribution is 5.92. The molecule has 76 valence electrons. The normalized spacial score (nSPS) is 14.1. The molecule has 6 heteroatoms. The van der Waals surface area contributed by atoms with Gasteiger partial charge in [0.05, 0.1) is 0 Å². The zero-order valence-electron chi connectivity index (χ0n) is 7.68. The predicted molar refractivity (Wildman–Crippen MR) is 52.0 cm³/mol. The van der Waals surface area contributed by atoms with E-state index in [4.69, 9.17) is 16.2 Å². The number of para-hydroxylation sites is 1. The van der Waals surface area contributed by atoms with E-state index in [2.05, 4.69) is 10.2 Å². The number of rotatable bonds is 1. The van der Waals surface area contributed by atoms with Crippen LogP contribution in [0.3, 0.4) is 0 Å². The first-order valence-corrected chi connectivity index (χ1v) is 4.16. The van der Waals surface area contributed by atoms with E-state index in [1.165, 1.54) is 0 Å². The summed E-state index contributed by atoms with van der Waals surface area (Å²) in [6, 6.07) is 6.89. The van der Waals surface area contributed by atoms with Gasteiger partial charge in [-0.1, -0.05) is 12.1 Å². The van der Waals surface area contributed by atoms with Crippen molar-refractivity contribution in [3.05, 3.63) is 35.8 Å². The second-order valence-corrected chi connectivity index (χ2v) is 2.85. The van der Waals surface area contributed by atoms with Crippen molar-refractivity contribution in [2.45, 2.75) is 0 Å². The molecular formula is C9H8N4O2. The van der Waals surface area contributed by atoms with Crippen LogP contribution >= 0.6 is 0 Å². The standard InChI is InChI=1S/C9H8N4O2/c10-8(14)7-9(11)15-6-4-2-1-3-5(6)12-13-7/h1-4H,11H2,(H2,10,14). The maximum absolute atomic E-state index is 10.9. The van der Waals surface area contributed by atoms with Gasteiger partial charge >= 0.3 is 0 Å². The smallest absolute Gasteiger partial charge is 0.274 e. The Balaban J connectivity index is 2.50. The van der Waals surface area contributed by atoms with Gasteiger partial charge in [-0.15, -0.1) is 10.2 Å². The van der Waals surface area contributed by atoms with Crippen molar-refractivity contribution in [1.29, 1.82) is 0 Å². The van der Waals surface area contributed by atoms with Crippen molar-refractivity contribution < 1.29 is 9.53 Å². The van der Waals surface area contributed by atoms with Crippen molar-refractivity contribution in [2.24, 2.45) is 21.7 Å². The highest BCUT2D eigenvalue weighted by Gasteiger charge is 2.16. The number of nitrogens with zero attached hydrogens (tertiary/aromatic N) is 2. The molecule has 0 saturated carbocycles. The van der Waals surface area contributed by atoms with E-state index >= 15 is 0 Å². The van der Waals surface area contributed by atoms with Crippen LogP contribution in [0.5, 0.6) is 5.75 Å². The molecule has 0 saturated heterocycles. The molecule has 0 unspecified atom stereocenters. The Labute approximate surface area is 85.2 Å². The Hall–Kier alpha value is -2.37. The van der Waals surface area contributed by atoms with E-state index in [1.54, 1.807) is 24.3 Å². The second-order valence-electron chi connectivity index (χ2n) is 2.85. The van der Waals surface area contributed by atoms with E-state index in [1.807, 2.05) is 0 Å². The molecule has 0 aliphatic carbocycles. The van der Waals surface area contributed by atoms with Crippen LogP contribution in [0, 0.1) is 0 Å². The number of carbonyl (C=O) groups excluding carboxylic acids is 1. The van der Waals surface area contributed by atoms with Crippen LogP contribution in [0.25, 0.3) is 0 Å². The highest BCUT2D eigenvalue weighted by atomic mass is 16.5. The third-order valence-electron chi connectivity index (χ3n) is 1.81. The van der Waals surface area contributed by atoms with Crippen LogP contribution in [-0.4, -0.2) is 5.91 Å². The first-order chi connectivity index (χ1) is 7.18. The lowest BCUT2D eigenvalue weighted by Crippen LogP contribution is -2.19. The van der Waals surface area contributed by atoms with Crippen LogP contribution in [0.1, 0.15) is 0 Å². The molecule has 1 heterocycles. The van der Waals surface area contributed by atoms with Crippen molar-refractivity contribution in [3.8, 4) is 5.75 Å². The largest absolute Gasteiger partial charge is 0.437 e. The topological polar surface area (TPSA) is 103 Å². The Morgan fingerprint density at radius 2 is 2.00 bits per heavy atom. The number of hydrogen-bond acceptors (Lipinski definition) is 5. The average molecular weight is 204 g/mol. The molecule has 0 radical (unpaired) electrons. The zero-order valence-corrected chi connectivity index (χ0v) is 7.68. The van der Waals surface area contributed by atoms with Gasteiger partial charge in [-0.05, 0) is 12.1 Å². The molecule has 2 rings (SSSR count). The summed E-state index contributed by atoms with van der Waals surface area (Å²) in [5, 5.41) is 7.43. The lowest BCUT2D eigenvalue weighted by atomic mass is 10.3. The molecular weight excluding hydrogens is 196 g/mol. The monoisotopic (exact) mass is 204 g/mol. The molecule has 15 heavy (non-hydrogen) atoms. The van der Waals surface area contributed by atoms with Crippen molar-refractivity contribution in [2.75, 3.05) is 0 Å². The number of carbonyl (C=O) groups is 1. The molecule has 1 aromatic carbocycles. The van der Waals surface area contributed by atoms with Gasteiger partial charge in [-0.2, -0.15) is 0 Å². The first-order valence-electron chi connectivity index (χ1n) is 4.16. The number of nitrogens with two attached hydrogens (primary N) is 2. The van der Waals surface area contributed by atoms with Gasteiger partial charge in [0.15, 0.2) is 5.75 Å². The summed E-state index contributed by atoms with van der Waals surface area (Å²) in [6.07, 6.45) is 0. The van der Waals surface area contributed by atoms with Crippen LogP contribution < -0.4 is 16.2 Å². The molecule has 0 fully saturated rings. The summed E-state index contributed by atoms with van der Waals surface area (Å²) in [5.41, 5.74) is 10.9. The van der Waals surface area contributed by atoms with Crippen LogP contribution in [-0.2, 0) is 4.79 Å². The van der Waals surface area contributed by atoms with E-state index in [0.717, 1.165) is 0 Å². The molecule has 0 spiro atoms. The van der Waals surface area contributed by atoms with Gasteiger partial charge in [0.25, 0.3) is 5.91 Å². The van der Waals surface area contributed by atoms with Gasteiger partial charge in [-0.25, -0.2) is 0 Å². The van der Waals surface area contributed by atoms with Crippen molar-refractivity contribution in [1.82, 2.24) is 0 Å². The molecule has 1 aliphatic heterocycles. The van der Waals surface area contributed by atoms with Gasteiger partial charge < -0.3 is 16.2 Å². The zero-order chi connectivity index (χ0) is 10.8. The molecule has 0 aromatic heterocycles. The van der Waals surface area contributed by atoms with E-state index in [-0.39, 0.29) is 11.6 Å². The third kappa shape index (κ3) is 1.64. The Morgan fingerprint density at radius 1 is 1.27 bits per heavy atom. The third-order valence-corrected chi connectivity index (χ3v) is 1.81. The van der Waals surface area contributed by atoms with Gasteiger partial charge in [-0.3, -0.25) is 4.79 Å². The lowest BCUT2D eigenvalue weighted by molar-refractivity contribution is -0.114. The summed E-state index contributed by atoms with van der Waals surface area (Å²) >= 11 is 0. The average Bonchev–Trinajstić information content (AvgIpc) is 2.35. The summed E-state index contributed by atoms with van der Waals surface area (Å²) < 4.78 is 5.20. The Bertz CT molecular complexity index is 479. The number of fused-ring (bicyclic) bond motifs is 1. The molecule has 0 bridgehead atoms. The fourth-order valence-corrected chi connectivity index (χ4v) is 1.12. The molecule has 6 nitrogen and oxygen atoms in total. The molecule has 1 amide bonds. The minimum absolute atomic E-state index is 0.142. The summed E-state index contributed by atoms with van der Waals surface area (Å²) in [7, 11) is 0. The number of amides is 1. The van der Waals surface area contributed by atoms with E-state index < -0.39 is 5.91 Å². The van der Waals surface area contributed by atoms with E-state index in [0.29, 0.717) is 11.4 Å². The Morgan fingerprint density at radius 3 is 2.73 bits per heavy atom. The minimum Gasteiger partial charge on any atom is -0.437 e. The van der Waals surface area contributed by atoms with Crippen LogP contribution in [0.2, 0.25) is 0 Å². The number of ether oxygens (including phenoxy) is 1.